The number of hydrogen-bond donors (Lipinski definition) is 3. The van der Waals surface area contributed by atoms with Crippen molar-refractivity contribution in [3.8, 4) is 10.4 Å². The summed E-state index contributed by atoms with van der Waals surface area (Å²) in [5.41, 5.74) is 12.3. The molecule has 0 saturated carbocycles. The van der Waals surface area contributed by atoms with E-state index < -0.39 is 35.4 Å². The van der Waals surface area contributed by atoms with E-state index in [0.29, 0.717) is 19.8 Å². The first-order valence-electron chi connectivity index (χ1n) is 15.2. The number of carbonyl (C=O) groups excluding carboxylic acids is 3. The van der Waals surface area contributed by atoms with E-state index in [1.165, 1.54) is 4.90 Å². The molecule has 46 heavy (non-hydrogen) atoms. The van der Waals surface area contributed by atoms with E-state index >= 15 is 0 Å². The molecule has 2 aromatic rings. The molecule has 14 nitrogen and oxygen atoms in total. The first-order valence-corrected chi connectivity index (χ1v) is 16.1. The quantitative estimate of drug-likeness (QED) is 0.0999. The predicted octanol–water partition coefficient (Wildman–Crippen LogP) is 3.15. The van der Waals surface area contributed by atoms with Gasteiger partial charge in [0.05, 0.1) is 61.3 Å². The van der Waals surface area contributed by atoms with Crippen molar-refractivity contribution in [2.75, 3.05) is 52.7 Å². The van der Waals surface area contributed by atoms with Gasteiger partial charge in [-0.05, 0) is 35.9 Å². The molecule has 4 atom stereocenters. The van der Waals surface area contributed by atoms with Gasteiger partial charge in [-0.15, -0.1) is 11.3 Å². The molecule has 1 aromatic carbocycles. The van der Waals surface area contributed by atoms with E-state index in [1.54, 1.807) is 11.3 Å². The van der Waals surface area contributed by atoms with Gasteiger partial charge >= 0.3 is 0 Å². The van der Waals surface area contributed by atoms with Gasteiger partial charge in [0.1, 0.15) is 18.7 Å². The zero-order valence-corrected chi connectivity index (χ0v) is 27.9. The van der Waals surface area contributed by atoms with E-state index in [9.17, 15) is 19.5 Å². The molecule has 3 rings (SSSR count). The molecule has 0 aliphatic carbocycles. The highest BCUT2D eigenvalue weighted by Crippen LogP contribution is 2.29. The number of carbonyl (C=O) groups is 3. The molecule has 2 heterocycles. The number of rotatable bonds is 17. The normalized spacial score (nSPS) is 17.7. The summed E-state index contributed by atoms with van der Waals surface area (Å²) in [5, 5.41) is 19.6. The summed E-state index contributed by atoms with van der Waals surface area (Å²) in [7, 11) is 0. The zero-order chi connectivity index (χ0) is 33.7. The van der Waals surface area contributed by atoms with Crippen molar-refractivity contribution in [1.82, 2.24) is 20.5 Å². The third-order valence-electron chi connectivity index (χ3n) is 7.44. The maximum Gasteiger partial charge on any atom is 0.246 e. The predicted molar refractivity (Wildman–Crippen MR) is 173 cm³/mol. The Labute approximate surface area is 273 Å². The molecular weight excluding hydrogens is 614 g/mol. The highest BCUT2D eigenvalue weighted by Gasteiger charge is 2.44. The second-order valence-corrected chi connectivity index (χ2v) is 13.0. The fraction of sp³-hybridized carbons (Fsp3) is 0.613. The summed E-state index contributed by atoms with van der Waals surface area (Å²) in [6.45, 7) is 10.6. The van der Waals surface area contributed by atoms with E-state index in [4.69, 9.17) is 19.7 Å². The minimum Gasteiger partial charge on any atom is -0.391 e. The van der Waals surface area contributed by atoms with Gasteiger partial charge in [-0.3, -0.25) is 14.4 Å². The Balaban J connectivity index is 1.51. The average Bonchev–Trinajstić information content (AvgIpc) is 3.63. The van der Waals surface area contributed by atoms with E-state index in [1.807, 2.05) is 64.4 Å². The van der Waals surface area contributed by atoms with Gasteiger partial charge in [0.15, 0.2) is 0 Å². The molecule has 0 spiro atoms. The molecule has 3 amide bonds. The van der Waals surface area contributed by atoms with Crippen LogP contribution in [0.1, 0.15) is 51.4 Å². The highest BCUT2D eigenvalue weighted by atomic mass is 32.1. The van der Waals surface area contributed by atoms with E-state index in [-0.39, 0.29) is 51.3 Å². The summed E-state index contributed by atoms with van der Waals surface area (Å²) in [4.78, 5) is 49.4. The van der Waals surface area contributed by atoms with Gasteiger partial charge in [0.25, 0.3) is 0 Å². The summed E-state index contributed by atoms with van der Waals surface area (Å²) in [5.74, 6) is -1.30. The number of aryl methyl sites for hydroxylation is 1. The number of ether oxygens (including phenoxy) is 3. The molecule has 3 N–H and O–H groups in total. The van der Waals surface area contributed by atoms with Crippen LogP contribution in [0.15, 0.2) is 34.9 Å². The number of nitrogens with one attached hydrogen (secondary N) is 2. The lowest BCUT2D eigenvalue weighted by Crippen LogP contribution is -2.58. The lowest BCUT2D eigenvalue weighted by Gasteiger charge is -2.35. The van der Waals surface area contributed by atoms with Crippen LogP contribution in [-0.4, -0.2) is 104 Å². The Hall–Kier alpha value is -3.59. The standard InChI is InChI=1S/C31H45N7O7S/c1-20(22-6-8-23(9-7-22)27-21(2)33-19-46-27)35-29(41)25-16-24(39)17-38(25)30(42)28(31(3,4)5)36-26(40)18-45-15-14-44-13-12-43-11-10-34-37-32/h6-9,19-20,24-25,28,39H,10-18H2,1-5H3,(H,35,41)(H,36,40)/t20-,24+,25+,28-/m0/s1. The van der Waals surface area contributed by atoms with Gasteiger partial charge in [-0.25, -0.2) is 4.98 Å². The molecular formula is C31H45N7O7S. The summed E-state index contributed by atoms with van der Waals surface area (Å²) in [6, 6.07) is 5.72. The van der Waals surface area contributed by atoms with Crippen LogP contribution in [0.4, 0.5) is 0 Å². The Bertz CT molecular complexity index is 1340. The van der Waals surface area contributed by atoms with Crippen LogP contribution in [0, 0.1) is 12.3 Å². The van der Waals surface area contributed by atoms with Crippen LogP contribution >= 0.6 is 11.3 Å². The maximum absolute atomic E-state index is 13.8. The largest absolute Gasteiger partial charge is 0.391 e. The van der Waals surface area contributed by atoms with Crippen LogP contribution in [0.2, 0.25) is 0 Å². The number of amides is 3. The molecule has 252 valence electrons. The van der Waals surface area contributed by atoms with Crippen molar-refractivity contribution in [1.29, 1.82) is 0 Å². The van der Waals surface area contributed by atoms with Gasteiger partial charge < -0.3 is 34.9 Å². The molecule has 0 radical (unpaired) electrons. The van der Waals surface area contributed by atoms with Crippen molar-refractivity contribution in [2.45, 2.75) is 65.3 Å². The molecule has 0 bridgehead atoms. The Morgan fingerprint density at radius 3 is 2.37 bits per heavy atom. The highest BCUT2D eigenvalue weighted by molar-refractivity contribution is 7.13. The van der Waals surface area contributed by atoms with Crippen LogP contribution < -0.4 is 10.6 Å². The minimum atomic E-state index is -0.955. The number of azide groups is 1. The van der Waals surface area contributed by atoms with Crippen molar-refractivity contribution >= 4 is 29.1 Å². The lowest BCUT2D eigenvalue weighted by atomic mass is 9.85. The van der Waals surface area contributed by atoms with Gasteiger partial charge in [0.2, 0.25) is 17.7 Å². The molecule has 15 heteroatoms. The van der Waals surface area contributed by atoms with Crippen LogP contribution in [0.25, 0.3) is 20.9 Å². The van der Waals surface area contributed by atoms with Crippen molar-refractivity contribution < 1.29 is 33.7 Å². The fourth-order valence-electron chi connectivity index (χ4n) is 4.97. The molecule has 0 unspecified atom stereocenters. The smallest absolute Gasteiger partial charge is 0.246 e. The molecule has 1 aliphatic heterocycles. The average molecular weight is 660 g/mol. The first kappa shape index (κ1) is 36.9. The number of aliphatic hydroxyl groups is 1. The van der Waals surface area contributed by atoms with Gasteiger partial charge in [-0.2, -0.15) is 0 Å². The number of hydrogen-bond acceptors (Lipinski definition) is 10. The topological polar surface area (TPSA) is 188 Å². The maximum atomic E-state index is 13.8. The number of likely N-dealkylation sites (tertiary alicyclic amines) is 1. The molecule has 1 saturated heterocycles. The van der Waals surface area contributed by atoms with Crippen molar-refractivity contribution in [3.63, 3.8) is 0 Å². The number of β-amino-alcohol motifs (C(OH)–C–C–N with tert-alkyl or cyclic N) is 1. The zero-order valence-electron chi connectivity index (χ0n) is 27.1. The minimum absolute atomic E-state index is 0.0141. The summed E-state index contributed by atoms with van der Waals surface area (Å²) >= 11 is 1.57. The monoisotopic (exact) mass is 659 g/mol. The van der Waals surface area contributed by atoms with Gasteiger partial charge in [0, 0.05) is 24.4 Å². The molecule has 1 aliphatic rings. The Morgan fingerprint density at radius 1 is 1.11 bits per heavy atom. The fourth-order valence-corrected chi connectivity index (χ4v) is 5.78. The number of aromatic nitrogens is 1. The van der Waals surface area contributed by atoms with Crippen LogP contribution in [0.5, 0.6) is 0 Å². The first-order chi connectivity index (χ1) is 21.9. The molecule has 1 aromatic heterocycles. The number of thiazole rings is 1. The Morgan fingerprint density at radius 2 is 1.76 bits per heavy atom. The SMILES string of the molecule is Cc1ncsc1-c1ccc([C@H](C)NC(=O)[C@H]2C[C@@H](O)CN2C(=O)[C@H](NC(=O)COCCOCCOCCN=[N+]=[N-])C(C)(C)C)cc1. The van der Waals surface area contributed by atoms with Crippen LogP contribution in [0.3, 0.4) is 0 Å². The van der Waals surface area contributed by atoms with Crippen molar-refractivity contribution in [2.24, 2.45) is 10.5 Å². The third kappa shape index (κ3) is 11.0. The second-order valence-electron chi connectivity index (χ2n) is 12.1. The lowest BCUT2D eigenvalue weighted by molar-refractivity contribution is -0.144. The van der Waals surface area contributed by atoms with Crippen molar-refractivity contribution in [3.05, 3.63) is 51.5 Å². The second kappa shape index (κ2) is 17.9. The summed E-state index contributed by atoms with van der Waals surface area (Å²) < 4.78 is 16.0. The van der Waals surface area contributed by atoms with E-state index in [2.05, 4.69) is 25.6 Å². The number of aliphatic hydroxyl groups excluding tert-OH is 1. The molecule has 1 fully saturated rings. The van der Waals surface area contributed by atoms with Crippen LogP contribution in [-0.2, 0) is 28.6 Å². The Kier molecular flexibility index (Phi) is 14.4. The number of benzene rings is 1. The van der Waals surface area contributed by atoms with Gasteiger partial charge in [-0.1, -0.05) is 50.2 Å². The van der Waals surface area contributed by atoms with E-state index in [0.717, 1.165) is 21.7 Å². The summed E-state index contributed by atoms with van der Waals surface area (Å²) in [6.07, 6.45) is -0.770. The third-order valence-corrected chi connectivity index (χ3v) is 8.41. The number of nitrogens with zero attached hydrogens (tertiary/aromatic N) is 5.